The van der Waals surface area contributed by atoms with Crippen LogP contribution in [0.15, 0.2) is 72.9 Å². The van der Waals surface area contributed by atoms with Gasteiger partial charge in [-0.15, -0.1) is 0 Å². The fourth-order valence-corrected chi connectivity index (χ4v) is 9.28. The molecule has 0 radical (unpaired) electrons. The molecular formula is C69H122O6. The summed E-state index contributed by atoms with van der Waals surface area (Å²) in [7, 11) is 0. The number of unbranched alkanes of at least 4 members (excludes halogenated alkanes) is 36. The van der Waals surface area contributed by atoms with Crippen molar-refractivity contribution in [3.63, 3.8) is 0 Å². The van der Waals surface area contributed by atoms with Gasteiger partial charge in [0.05, 0.1) is 0 Å². The molecular weight excluding hydrogens is 925 g/mol. The maximum absolute atomic E-state index is 12.9. The Labute approximate surface area is 465 Å². The van der Waals surface area contributed by atoms with Gasteiger partial charge in [-0.1, -0.05) is 286 Å². The van der Waals surface area contributed by atoms with Crippen LogP contribution in [0, 0.1) is 0 Å². The van der Waals surface area contributed by atoms with Crippen molar-refractivity contribution in [1.82, 2.24) is 0 Å². The number of hydrogen-bond acceptors (Lipinski definition) is 6. The van der Waals surface area contributed by atoms with Crippen LogP contribution in [0.1, 0.15) is 329 Å². The van der Waals surface area contributed by atoms with Crippen LogP contribution >= 0.6 is 0 Å². The smallest absolute Gasteiger partial charge is 0.306 e. The number of carbonyl (C=O) groups excluding carboxylic acids is 3. The normalized spacial score (nSPS) is 12.5. The Balaban J connectivity index is 4.41. The van der Waals surface area contributed by atoms with Gasteiger partial charge in [0.2, 0.25) is 0 Å². The molecule has 0 aromatic heterocycles. The van der Waals surface area contributed by atoms with Gasteiger partial charge in [-0.25, -0.2) is 0 Å². The molecule has 1 atom stereocenters. The first-order valence-corrected chi connectivity index (χ1v) is 32.4. The molecule has 0 heterocycles. The highest BCUT2D eigenvalue weighted by atomic mass is 16.6. The van der Waals surface area contributed by atoms with Gasteiger partial charge in [-0.05, 0) is 96.3 Å². The Bertz CT molecular complexity index is 1390. The van der Waals surface area contributed by atoms with Crippen LogP contribution in [0.2, 0.25) is 0 Å². The first-order valence-electron chi connectivity index (χ1n) is 32.4. The van der Waals surface area contributed by atoms with E-state index in [1.165, 1.54) is 186 Å². The van der Waals surface area contributed by atoms with Gasteiger partial charge in [-0.2, -0.15) is 0 Å². The molecule has 0 aliphatic rings. The van der Waals surface area contributed by atoms with E-state index in [1.54, 1.807) is 0 Å². The van der Waals surface area contributed by atoms with E-state index in [0.717, 1.165) is 103 Å². The zero-order valence-corrected chi connectivity index (χ0v) is 49.8. The Morgan fingerprint density at radius 1 is 0.267 bits per heavy atom. The molecule has 75 heavy (non-hydrogen) atoms. The van der Waals surface area contributed by atoms with E-state index in [1.807, 2.05) is 0 Å². The van der Waals surface area contributed by atoms with Gasteiger partial charge in [0.25, 0.3) is 0 Å². The lowest BCUT2D eigenvalue weighted by molar-refractivity contribution is -0.167. The Morgan fingerprint density at radius 2 is 0.480 bits per heavy atom. The average molecular weight is 1050 g/mol. The van der Waals surface area contributed by atoms with Gasteiger partial charge in [-0.3, -0.25) is 14.4 Å². The van der Waals surface area contributed by atoms with Gasteiger partial charge in [0.1, 0.15) is 13.2 Å². The highest BCUT2D eigenvalue weighted by Crippen LogP contribution is 2.17. The molecule has 0 aliphatic carbocycles. The van der Waals surface area contributed by atoms with Crippen molar-refractivity contribution in [1.29, 1.82) is 0 Å². The van der Waals surface area contributed by atoms with Crippen LogP contribution in [-0.2, 0) is 28.6 Å². The lowest BCUT2D eigenvalue weighted by atomic mass is 10.0. The second-order valence-corrected chi connectivity index (χ2v) is 21.7. The van der Waals surface area contributed by atoms with Gasteiger partial charge in [0, 0.05) is 19.3 Å². The lowest BCUT2D eigenvalue weighted by Gasteiger charge is -2.18. The molecule has 0 rings (SSSR count). The number of rotatable bonds is 59. The zero-order chi connectivity index (χ0) is 54.3. The summed E-state index contributed by atoms with van der Waals surface area (Å²) in [6.45, 7) is 6.61. The van der Waals surface area contributed by atoms with E-state index < -0.39 is 6.10 Å². The summed E-state index contributed by atoms with van der Waals surface area (Å²) in [6.07, 6.45) is 81.8. The molecule has 0 aromatic carbocycles. The van der Waals surface area contributed by atoms with Crippen molar-refractivity contribution in [2.45, 2.75) is 335 Å². The molecule has 0 bridgehead atoms. The summed E-state index contributed by atoms with van der Waals surface area (Å²) in [5.41, 5.74) is 0. The zero-order valence-electron chi connectivity index (χ0n) is 49.8. The van der Waals surface area contributed by atoms with Crippen LogP contribution in [0.25, 0.3) is 0 Å². The predicted octanol–water partition coefficient (Wildman–Crippen LogP) is 22.1. The first kappa shape index (κ1) is 71.8. The van der Waals surface area contributed by atoms with Crippen molar-refractivity contribution in [2.75, 3.05) is 13.2 Å². The monoisotopic (exact) mass is 1050 g/mol. The second-order valence-electron chi connectivity index (χ2n) is 21.7. The van der Waals surface area contributed by atoms with Crippen molar-refractivity contribution < 1.29 is 28.6 Å². The van der Waals surface area contributed by atoms with Crippen molar-refractivity contribution in [3.05, 3.63) is 72.9 Å². The average Bonchev–Trinajstić information content (AvgIpc) is 3.41. The van der Waals surface area contributed by atoms with Gasteiger partial charge < -0.3 is 14.2 Å². The van der Waals surface area contributed by atoms with Crippen LogP contribution < -0.4 is 0 Å². The number of esters is 3. The number of hydrogen-bond donors (Lipinski definition) is 0. The highest BCUT2D eigenvalue weighted by molar-refractivity contribution is 5.71. The fraction of sp³-hybridized carbons (Fsp3) is 0.783. The summed E-state index contributed by atoms with van der Waals surface area (Å²) in [5, 5.41) is 0. The third-order valence-corrected chi connectivity index (χ3v) is 14.2. The second kappa shape index (κ2) is 63.4. The van der Waals surface area contributed by atoms with E-state index in [0.29, 0.717) is 19.3 Å². The van der Waals surface area contributed by atoms with Crippen LogP contribution in [0.4, 0.5) is 0 Å². The van der Waals surface area contributed by atoms with Gasteiger partial charge in [0.15, 0.2) is 6.10 Å². The summed E-state index contributed by atoms with van der Waals surface area (Å²) in [6, 6.07) is 0. The van der Waals surface area contributed by atoms with Crippen molar-refractivity contribution in [3.8, 4) is 0 Å². The van der Waals surface area contributed by atoms with E-state index >= 15 is 0 Å². The number of carbonyl (C=O) groups is 3. The minimum Gasteiger partial charge on any atom is -0.462 e. The van der Waals surface area contributed by atoms with Crippen LogP contribution in [-0.4, -0.2) is 37.2 Å². The number of ether oxygens (including phenoxy) is 3. The molecule has 0 saturated carbocycles. The summed E-state index contributed by atoms with van der Waals surface area (Å²) in [5.74, 6) is -0.891. The molecule has 0 amide bonds. The maximum Gasteiger partial charge on any atom is 0.306 e. The summed E-state index contributed by atoms with van der Waals surface area (Å²) >= 11 is 0. The van der Waals surface area contributed by atoms with E-state index in [9.17, 15) is 14.4 Å². The minimum atomic E-state index is -0.788. The predicted molar refractivity (Wildman–Crippen MR) is 325 cm³/mol. The maximum atomic E-state index is 12.9. The van der Waals surface area contributed by atoms with Gasteiger partial charge >= 0.3 is 17.9 Å². The molecule has 6 heteroatoms. The summed E-state index contributed by atoms with van der Waals surface area (Å²) in [4.78, 5) is 38.4. The molecule has 0 aromatic rings. The molecule has 1 unspecified atom stereocenters. The van der Waals surface area contributed by atoms with E-state index in [4.69, 9.17) is 14.2 Å². The molecule has 0 spiro atoms. The van der Waals surface area contributed by atoms with E-state index in [-0.39, 0.29) is 31.1 Å². The molecule has 0 fully saturated rings. The largest absolute Gasteiger partial charge is 0.462 e. The Hall–Kier alpha value is -3.15. The summed E-state index contributed by atoms with van der Waals surface area (Å²) < 4.78 is 16.9. The van der Waals surface area contributed by atoms with Crippen LogP contribution in [0.3, 0.4) is 0 Å². The highest BCUT2D eigenvalue weighted by Gasteiger charge is 2.19. The Morgan fingerprint density at radius 3 is 0.773 bits per heavy atom. The molecule has 0 N–H and O–H groups in total. The lowest BCUT2D eigenvalue weighted by Crippen LogP contribution is -2.30. The topological polar surface area (TPSA) is 78.9 Å². The third kappa shape index (κ3) is 61.6. The molecule has 6 nitrogen and oxygen atoms in total. The molecule has 0 saturated heterocycles. The fourth-order valence-electron chi connectivity index (χ4n) is 9.28. The quantitative estimate of drug-likeness (QED) is 0.0261. The third-order valence-electron chi connectivity index (χ3n) is 14.2. The van der Waals surface area contributed by atoms with Crippen molar-refractivity contribution >= 4 is 17.9 Å². The van der Waals surface area contributed by atoms with Crippen molar-refractivity contribution in [2.24, 2.45) is 0 Å². The SMILES string of the molecule is CCCCC/C=C\C/C=C\C/C=C\CCCCCCCCC(=O)OCC(COC(=O)CCCCCCCCCCCCCCCCCCCCC)OC(=O)CCCCCCCC/C=C\C/C=C\C/C=C\CCCCC. The van der Waals surface area contributed by atoms with E-state index in [2.05, 4.69) is 93.7 Å². The number of allylic oxidation sites excluding steroid dienone is 12. The van der Waals surface area contributed by atoms with Crippen LogP contribution in [0.5, 0.6) is 0 Å². The molecule has 434 valence electrons. The minimum absolute atomic E-state index is 0.0824. The molecule has 0 aliphatic heterocycles. The standard InChI is InChI=1S/C69H122O6/c1-4-7-10-13-16-19-22-25-28-31-34-37-40-43-46-49-52-55-58-61-67(70)73-64-66(75-69(72)63-60-57-54-51-48-45-42-39-36-33-30-27-24-21-18-15-12-9-6-3)65-74-68(71)62-59-56-53-50-47-44-41-38-35-32-29-26-23-20-17-14-11-8-5-2/h16,18-19,21,25,27-28,30,34,36-37,39,66H,4-15,17,20,22-24,26,29,31-33,35,38,40-65H2,1-3H3/b19-16-,21-18-,28-25-,30-27-,37-34-,39-36-. The first-order chi connectivity index (χ1) is 37.0. The Kier molecular flexibility index (Phi) is 60.7.